The third-order valence-electron chi connectivity index (χ3n) is 5.95. The van der Waals surface area contributed by atoms with Crippen LogP contribution in [0.3, 0.4) is 0 Å². The maximum absolute atomic E-state index is 14.9. The number of hydrogen-bond acceptors (Lipinski definition) is 4. The van der Waals surface area contributed by atoms with Gasteiger partial charge in [-0.15, -0.1) is 0 Å². The molecule has 2 N–H and O–H groups in total. The zero-order chi connectivity index (χ0) is 32.3. The zero-order valence-corrected chi connectivity index (χ0v) is 24.2. The van der Waals surface area contributed by atoms with E-state index in [1.165, 1.54) is 54.7 Å². The van der Waals surface area contributed by atoms with Crippen molar-refractivity contribution in [2.45, 2.75) is 30.8 Å². The van der Waals surface area contributed by atoms with E-state index in [-0.39, 0.29) is 41.2 Å². The van der Waals surface area contributed by atoms with E-state index < -0.39 is 57.1 Å². The number of nitrogens with one attached hydrogen (secondary N) is 2. The van der Waals surface area contributed by atoms with Gasteiger partial charge in [-0.3, -0.25) is 9.59 Å². The Morgan fingerprint density at radius 1 is 1.07 bits per heavy atom. The van der Waals surface area contributed by atoms with Crippen molar-refractivity contribution >= 4 is 50.7 Å². The fourth-order valence-electron chi connectivity index (χ4n) is 4.00. The number of aromatic amines is 1. The highest BCUT2D eigenvalue weighted by Gasteiger charge is 2.72. The summed E-state index contributed by atoms with van der Waals surface area (Å²) in [5.74, 6) is -3.06. The van der Waals surface area contributed by atoms with Crippen molar-refractivity contribution in [3.8, 4) is 11.5 Å². The Kier molecular flexibility index (Phi) is 10.2. The molecule has 43 heavy (non-hydrogen) atoms. The van der Waals surface area contributed by atoms with Crippen LogP contribution >= 0.6 is 27.5 Å². The molecule has 2 aromatic carbocycles. The molecule has 0 aliphatic rings. The molecule has 0 aliphatic carbocycles. The van der Waals surface area contributed by atoms with E-state index in [4.69, 9.17) is 4.74 Å². The molecule has 1 aromatic heterocycles. The third-order valence-corrected chi connectivity index (χ3v) is 6.83. The Morgan fingerprint density at radius 3 is 2.21 bits per heavy atom. The van der Waals surface area contributed by atoms with Crippen LogP contribution in [0.15, 0.2) is 59.3 Å². The molecule has 0 radical (unpaired) electrons. The Morgan fingerprint density at radius 2 is 1.70 bits per heavy atom. The van der Waals surface area contributed by atoms with Gasteiger partial charge >= 0.3 is 23.8 Å². The normalized spacial score (nSPS) is 13.3. The number of methoxy groups -OCH3 is 1. The lowest BCUT2D eigenvalue weighted by atomic mass is 9.94. The fraction of sp³-hybridized carbons (Fsp3) is 0.269. The number of amides is 2. The molecule has 17 heteroatoms. The van der Waals surface area contributed by atoms with Crippen LogP contribution in [0.2, 0.25) is 0 Å². The Balaban J connectivity index is 2.11. The van der Waals surface area contributed by atoms with Crippen molar-refractivity contribution in [3.63, 3.8) is 0 Å². The number of aromatic nitrogens is 1. The lowest BCUT2D eigenvalue weighted by Crippen LogP contribution is -2.49. The van der Waals surface area contributed by atoms with Gasteiger partial charge in [0.05, 0.1) is 29.6 Å². The summed E-state index contributed by atoms with van der Waals surface area (Å²) >= 11 is 7.17. The molecule has 7 nitrogen and oxygen atoms in total. The minimum atomic E-state index is -6.31. The topological polar surface area (TPSA) is 82.0 Å². The summed E-state index contributed by atoms with van der Waals surface area (Å²) in [5.41, 5.74) is -8.10. The molecule has 232 valence electrons. The molecule has 0 saturated heterocycles. The Hall–Kier alpha value is -3.66. The predicted molar refractivity (Wildman–Crippen MR) is 142 cm³/mol. The summed E-state index contributed by atoms with van der Waals surface area (Å²) < 4.78 is 118. The highest BCUT2D eigenvalue weighted by Crippen LogP contribution is 2.56. The number of alkyl halides is 9. The summed E-state index contributed by atoms with van der Waals surface area (Å²) in [6.07, 6.45) is -3.28. The summed E-state index contributed by atoms with van der Waals surface area (Å²) in [4.78, 5) is 30.5. The predicted octanol–water partition coefficient (Wildman–Crippen LogP) is 7.35. The van der Waals surface area contributed by atoms with E-state index in [0.717, 1.165) is 0 Å². The molecule has 1 heterocycles. The second-order valence-corrected chi connectivity index (χ2v) is 9.84. The fourth-order valence-corrected chi connectivity index (χ4v) is 4.76. The van der Waals surface area contributed by atoms with Gasteiger partial charge in [0.25, 0.3) is 11.8 Å². The van der Waals surface area contributed by atoms with Crippen LogP contribution in [0.4, 0.5) is 46.5 Å². The number of carbonyl (C=O) groups is 2. The molecule has 0 spiro atoms. The summed E-state index contributed by atoms with van der Waals surface area (Å²) in [5, 5.41) is -3.46. The number of H-pyrrole nitrogens is 1. The number of pyridine rings is 1. The van der Waals surface area contributed by atoms with Crippen molar-refractivity contribution in [2.75, 3.05) is 23.9 Å². The van der Waals surface area contributed by atoms with Crippen molar-refractivity contribution in [3.05, 3.63) is 76.0 Å². The van der Waals surface area contributed by atoms with E-state index in [9.17, 15) is 44.7 Å². The molecule has 0 fully saturated rings. The number of carbonyl (C=O) groups excluding carboxylic acids is 2. The van der Waals surface area contributed by atoms with Crippen molar-refractivity contribution in [2.24, 2.45) is 0 Å². The minimum absolute atomic E-state index is 0.0846. The van der Waals surface area contributed by atoms with Crippen LogP contribution in [-0.2, 0) is 5.67 Å². The lowest BCUT2D eigenvalue weighted by molar-refractivity contribution is -0.378. The molecule has 0 bridgehead atoms. The molecule has 2 amide bonds. The van der Waals surface area contributed by atoms with Crippen LogP contribution < -0.4 is 24.7 Å². The van der Waals surface area contributed by atoms with Gasteiger partial charge in [-0.1, -0.05) is 6.07 Å². The van der Waals surface area contributed by atoms with Crippen molar-refractivity contribution < 1.29 is 59.2 Å². The number of anilines is 2. The number of hydrogen-bond donors (Lipinski definition) is 1. The van der Waals surface area contributed by atoms with Crippen molar-refractivity contribution in [1.29, 1.82) is 0 Å². The highest BCUT2D eigenvalue weighted by molar-refractivity contribution is 9.10. The van der Waals surface area contributed by atoms with E-state index in [0.29, 0.717) is 0 Å². The number of ether oxygens (including phenoxy) is 2. The average molecular weight is 706 g/mol. The smallest absolute Gasteiger partial charge is 0.434 e. The molecule has 1 unspecified atom stereocenters. The SMILES string of the molecule is CCN(C(=O)c1cc[nH+]cc1)c1cccc(C(=O)Nc2c(Br)cc(C(F)(C(F)(F)F)C(F)(F)Cl)cc2OC(F)F)c1OC. The van der Waals surface area contributed by atoms with Gasteiger partial charge in [0.1, 0.15) is 0 Å². The Labute approximate surface area is 251 Å². The average Bonchev–Trinajstić information content (AvgIpc) is 2.93. The van der Waals surface area contributed by atoms with Crippen LogP contribution in [0.1, 0.15) is 33.2 Å². The molecule has 0 saturated carbocycles. The van der Waals surface area contributed by atoms with Crippen LogP contribution in [-0.4, -0.2) is 43.6 Å². The maximum Gasteiger partial charge on any atom is 0.434 e. The first-order chi connectivity index (χ1) is 20.0. The second-order valence-electron chi connectivity index (χ2n) is 8.51. The van der Waals surface area contributed by atoms with Crippen LogP contribution in [0.5, 0.6) is 11.5 Å². The quantitative estimate of drug-likeness (QED) is 0.177. The number of halogens is 10. The van der Waals surface area contributed by atoms with E-state index >= 15 is 0 Å². The van der Waals surface area contributed by atoms with E-state index in [1.807, 2.05) is 0 Å². The molecule has 3 rings (SSSR count). The summed E-state index contributed by atoms with van der Waals surface area (Å²) in [6, 6.07) is 7.13. The van der Waals surface area contributed by atoms with E-state index in [2.05, 4.69) is 42.6 Å². The monoisotopic (exact) mass is 704 g/mol. The zero-order valence-electron chi connectivity index (χ0n) is 21.8. The number of para-hydroxylation sites is 1. The number of nitrogens with zero attached hydrogens (tertiary/aromatic N) is 1. The van der Waals surface area contributed by atoms with Gasteiger partial charge in [-0.2, -0.15) is 30.7 Å². The molecule has 3 aromatic rings. The maximum atomic E-state index is 14.9. The first kappa shape index (κ1) is 33.8. The highest BCUT2D eigenvalue weighted by atomic mass is 79.9. The van der Waals surface area contributed by atoms with Gasteiger partial charge < -0.3 is 19.7 Å². The van der Waals surface area contributed by atoms with Gasteiger partial charge in [0.15, 0.2) is 23.9 Å². The van der Waals surface area contributed by atoms with Gasteiger partial charge in [-0.05, 0) is 58.7 Å². The molecule has 1 atom stereocenters. The summed E-state index contributed by atoms with van der Waals surface area (Å²) in [6.45, 7) is -2.00. The molecular weight excluding hydrogens is 686 g/mol. The second kappa shape index (κ2) is 12.9. The Bertz CT molecular complexity index is 1480. The van der Waals surface area contributed by atoms with Gasteiger partial charge in [0, 0.05) is 28.7 Å². The number of benzene rings is 2. The van der Waals surface area contributed by atoms with Crippen molar-refractivity contribution in [1.82, 2.24) is 0 Å². The standard InChI is InChI=1S/C26H19BrClF8N3O4/c1-3-39(22(41)13-7-9-37-10-8-13)17-6-4-5-15(20(17)42-2)21(40)38-19-16(27)11-14(12-18(19)43-23(29)30)24(31,25(28,32)33)26(34,35)36/h4-12,23H,3H2,1-2H3,(H,38,40)/p+1. The minimum Gasteiger partial charge on any atom is -0.494 e. The summed E-state index contributed by atoms with van der Waals surface area (Å²) in [7, 11) is 1.17. The first-order valence-corrected chi connectivity index (χ1v) is 13.0. The van der Waals surface area contributed by atoms with Crippen LogP contribution in [0.25, 0.3) is 0 Å². The molecule has 0 aliphatic heterocycles. The van der Waals surface area contributed by atoms with Gasteiger partial charge in [-0.25, -0.2) is 9.37 Å². The number of rotatable bonds is 10. The lowest BCUT2D eigenvalue weighted by Gasteiger charge is -2.32. The van der Waals surface area contributed by atoms with Crippen LogP contribution in [0, 0.1) is 0 Å². The largest absolute Gasteiger partial charge is 0.494 e. The first-order valence-electron chi connectivity index (χ1n) is 11.8. The van der Waals surface area contributed by atoms with Gasteiger partial charge in [0.2, 0.25) is 0 Å². The van der Waals surface area contributed by atoms with E-state index in [1.54, 1.807) is 6.92 Å². The molecular formula is C26H20BrClF8N3O4+. The third kappa shape index (κ3) is 6.79.